The van der Waals surface area contributed by atoms with Gasteiger partial charge < -0.3 is 5.32 Å². The lowest BCUT2D eigenvalue weighted by Gasteiger charge is -2.22. The van der Waals surface area contributed by atoms with Crippen LogP contribution in [0, 0.1) is 20.8 Å². The van der Waals surface area contributed by atoms with E-state index in [1.165, 1.54) is 16.7 Å². The predicted molar refractivity (Wildman–Crippen MR) is 88.9 cm³/mol. The maximum atomic E-state index is 6.11. The lowest BCUT2D eigenvalue weighted by atomic mass is 9.99. The summed E-state index contributed by atoms with van der Waals surface area (Å²) in [5, 5.41) is 8.73. The van der Waals surface area contributed by atoms with E-state index >= 15 is 0 Å². The Balaban J connectivity index is 2.27. The molecule has 4 heteroatoms. The summed E-state index contributed by atoms with van der Waals surface area (Å²) in [7, 11) is 0. The number of rotatable bonds is 6. The van der Waals surface area contributed by atoms with Crippen molar-refractivity contribution < 1.29 is 0 Å². The minimum Gasteiger partial charge on any atom is -0.308 e. The van der Waals surface area contributed by atoms with Crippen LogP contribution in [-0.2, 0) is 6.54 Å². The number of hydrogen-bond acceptors (Lipinski definition) is 2. The molecule has 0 saturated heterocycles. The molecule has 0 saturated carbocycles. The molecule has 3 nitrogen and oxygen atoms in total. The zero-order valence-corrected chi connectivity index (χ0v) is 14.0. The highest BCUT2D eigenvalue weighted by Crippen LogP contribution is 2.22. The van der Waals surface area contributed by atoms with E-state index in [0.29, 0.717) is 0 Å². The molecule has 1 N–H and O–H groups in total. The van der Waals surface area contributed by atoms with Gasteiger partial charge in [0.15, 0.2) is 0 Å². The first-order valence-corrected chi connectivity index (χ1v) is 7.89. The van der Waals surface area contributed by atoms with E-state index in [2.05, 4.69) is 49.4 Å². The summed E-state index contributed by atoms with van der Waals surface area (Å²) >= 11 is 6.11. The third kappa shape index (κ3) is 3.86. The molecule has 2 aromatic rings. The number of halogens is 1. The average molecular weight is 306 g/mol. The Morgan fingerprint density at radius 3 is 2.62 bits per heavy atom. The second kappa shape index (κ2) is 7.10. The molecule has 0 spiro atoms. The van der Waals surface area contributed by atoms with Crippen LogP contribution in [0.2, 0.25) is 5.02 Å². The molecule has 0 aliphatic carbocycles. The van der Waals surface area contributed by atoms with E-state index < -0.39 is 0 Å². The molecular weight excluding hydrogens is 282 g/mol. The molecule has 0 aliphatic rings. The maximum Gasteiger partial charge on any atom is 0.0814 e. The molecule has 114 valence electrons. The molecule has 21 heavy (non-hydrogen) atoms. The molecule has 0 fully saturated rings. The number of nitrogens with one attached hydrogen (secondary N) is 1. The second-order valence-corrected chi connectivity index (χ2v) is 6.03. The topological polar surface area (TPSA) is 29.9 Å². The molecule has 1 unspecified atom stereocenters. The van der Waals surface area contributed by atoms with Crippen LogP contribution < -0.4 is 5.32 Å². The third-order valence-corrected chi connectivity index (χ3v) is 4.21. The van der Waals surface area contributed by atoms with Crippen LogP contribution in [0.25, 0.3) is 0 Å². The molecule has 1 aromatic carbocycles. The van der Waals surface area contributed by atoms with Gasteiger partial charge in [-0.3, -0.25) is 4.68 Å². The highest BCUT2D eigenvalue weighted by Gasteiger charge is 2.16. The van der Waals surface area contributed by atoms with Crippen molar-refractivity contribution in [3.8, 4) is 0 Å². The van der Waals surface area contributed by atoms with Crippen molar-refractivity contribution in [3.05, 3.63) is 51.8 Å². The fourth-order valence-electron chi connectivity index (χ4n) is 2.59. The van der Waals surface area contributed by atoms with Gasteiger partial charge in [-0.05, 0) is 44.9 Å². The molecule has 2 rings (SSSR count). The van der Waals surface area contributed by atoms with Crippen LogP contribution in [0.15, 0.2) is 24.4 Å². The number of aromatic nitrogens is 2. The summed E-state index contributed by atoms with van der Waals surface area (Å²) < 4.78 is 1.98. The smallest absolute Gasteiger partial charge is 0.0814 e. The van der Waals surface area contributed by atoms with Crippen LogP contribution in [0.4, 0.5) is 0 Å². The third-order valence-electron chi connectivity index (χ3n) is 3.84. The summed E-state index contributed by atoms with van der Waals surface area (Å²) in [4.78, 5) is 0. The molecule has 0 aliphatic heterocycles. The molecular formula is C17H24ClN3. The quantitative estimate of drug-likeness (QED) is 0.866. The lowest BCUT2D eigenvalue weighted by molar-refractivity contribution is 0.432. The molecule has 0 bridgehead atoms. The number of aryl methyl sites for hydroxylation is 2. The Morgan fingerprint density at radius 1 is 1.29 bits per heavy atom. The summed E-state index contributed by atoms with van der Waals surface area (Å²) in [6.07, 6.45) is 2.83. The zero-order valence-electron chi connectivity index (χ0n) is 13.3. The SMILES string of the molecule is CCCNC(Cn1ncc(Cl)c1C)c1ccc(C)cc1C. The van der Waals surface area contributed by atoms with Gasteiger partial charge in [0.2, 0.25) is 0 Å². The van der Waals surface area contributed by atoms with Gasteiger partial charge in [0.25, 0.3) is 0 Å². The number of benzene rings is 1. The van der Waals surface area contributed by atoms with E-state index in [0.717, 1.165) is 30.2 Å². The first kappa shape index (κ1) is 16.1. The minimum absolute atomic E-state index is 0.250. The van der Waals surface area contributed by atoms with Gasteiger partial charge in [-0.1, -0.05) is 42.3 Å². The van der Waals surface area contributed by atoms with Crippen LogP contribution >= 0.6 is 11.6 Å². The summed E-state index contributed by atoms with van der Waals surface area (Å²) in [5.74, 6) is 0. The van der Waals surface area contributed by atoms with Crippen molar-refractivity contribution in [2.75, 3.05) is 6.54 Å². The Bertz CT molecular complexity index is 604. The van der Waals surface area contributed by atoms with Crippen molar-refractivity contribution in [3.63, 3.8) is 0 Å². The van der Waals surface area contributed by atoms with Gasteiger partial charge in [0.1, 0.15) is 0 Å². The molecule has 1 heterocycles. The molecule has 1 atom stereocenters. The van der Waals surface area contributed by atoms with E-state index in [1.807, 2.05) is 11.6 Å². The average Bonchev–Trinajstić information content (AvgIpc) is 2.75. The van der Waals surface area contributed by atoms with Crippen molar-refractivity contribution in [2.45, 2.75) is 46.7 Å². The van der Waals surface area contributed by atoms with Crippen molar-refractivity contribution in [1.82, 2.24) is 15.1 Å². The van der Waals surface area contributed by atoms with E-state index in [4.69, 9.17) is 11.6 Å². The predicted octanol–water partition coefficient (Wildman–Crippen LogP) is 4.20. The standard InChI is InChI=1S/C17H24ClN3/c1-5-8-19-17(11-21-14(4)16(18)10-20-21)15-7-6-12(2)9-13(15)3/h6-7,9-10,17,19H,5,8,11H2,1-4H3. The molecule has 0 radical (unpaired) electrons. The van der Waals surface area contributed by atoms with Crippen LogP contribution in [0.5, 0.6) is 0 Å². The van der Waals surface area contributed by atoms with E-state index in [-0.39, 0.29) is 6.04 Å². The van der Waals surface area contributed by atoms with Gasteiger partial charge in [-0.15, -0.1) is 0 Å². The van der Waals surface area contributed by atoms with Crippen LogP contribution in [-0.4, -0.2) is 16.3 Å². The second-order valence-electron chi connectivity index (χ2n) is 5.63. The molecule has 1 aromatic heterocycles. The highest BCUT2D eigenvalue weighted by atomic mass is 35.5. The Kier molecular flexibility index (Phi) is 5.43. The van der Waals surface area contributed by atoms with Crippen LogP contribution in [0.1, 0.15) is 41.8 Å². The Hall–Kier alpha value is -1.32. The van der Waals surface area contributed by atoms with Crippen LogP contribution in [0.3, 0.4) is 0 Å². The monoisotopic (exact) mass is 305 g/mol. The van der Waals surface area contributed by atoms with Gasteiger partial charge >= 0.3 is 0 Å². The van der Waals surface area contributed by atoms with Gasteiger partial charge in [0.05, 0.1) is 29.5 Å². The zero-order chi connectivity index (χ0) is 15.4. The summed E-state index contributed by atoms with van der Waals surface area (Å²) in [5.41, 5.74) is 4.97. The summed E-state index contributed by atoms with van der Waals surface area (Å²) in [6, 6.07) is 6.88. The lowest BCUT2D eigenvalue weighted by Crippen LogP contribution is -2.27. The van der Waals surface area contributed by atoms with Gasteiger partial charge in [-0.2, -0.15) is 5.10 Å². The van der Waals surface area contributed by atoms with Crippen molar-refractivity contribution >= 4 is 11.6 Å². The number of hydrogen-bond donors (Lipinski definition) is 1. The Labute approximate surface area is 132 Å². The first-order chi connectivity index (χ1) is 10.0. The minimum atomic E-state index is 0.250. The van der Waals surface area contributed by atoms with Gasteiger partial charge in [0, 0.05) is 0 Å². The van der Waals surface area contributed by atoms with Gasteiger partial charge in [-0.25, -0.2) is 0 Å². The van der Waals surface area contributed by atoms with Crippen molar-refractivity contribution in [1.29, 1.82) is 0 Å². The normalized spacial score (nSPS) is 12.6. The van der Waals surface area contributed by atoms with E-state index in [9.17, 15) is 0 Å². The largest absolute Gasteiger partial charge is 0.308 e. The fourth-order valence-corrected chi connectivity index (χ4v) is 2.73. The Morgan fingerprint density at radius 2 is 2.05 bits per heavy atom. The number of nitrogens with zero attached hydrogens (tertiary/aromatic N) is 2. The fraction of sp³-hybridized carbons (Fsp3) is 0.471. The van der Waals surface area contributed by atoms with Crippen molar-refractivity contribution in [2.24, 2.45) is 0 Å². The first-order valence-electron chi connectivity index (χ1n) is 7.51. The highest BCUT2D eigenvalue weighted by molar-refractivity contribution is 6.31. The van der Waals surface area contributed by atoms with E-state index in [1.54, 1.807) is 6.20 Å². The molecule has 0 amide bonds. The summed E-state index contributed by atoms with van der Waals surface area (Å²) in [6.45, 7) is 10.3. The maximum absolute atomic E-state index is 6.11.